The zero-order valence-electron chi connectivity index (χ0n) is 13.0. The Balaban J connectivity index is 1.55. The highest BCUT2D eigenvalue weighted by atomic mass is 32.1. The van der Waals surface area contributed by atoms with Crippen LogP contribution in [0.5, 0.6) is 0 Å². The number of amides is 1. The lowest BCUT2D eigenvalue weighted by Gasteiger charge is -2.42. The summed E-state index contributed by atoms with van der Waals surface area (Å²) in [6.07, 6.45) is 1.63. The van der Waals surface area contributed by atoms with Crippen LogP contribution in [0.1, 0.15) is 29.4 Å². The van der Waals surface area contributed by atoms with Gasteiger partial charge in [-0.05, 0) is 36.9 Å². The number of thiophene rings is 1. The van der Waals surface area contributed by atoms with Crippen LogP contribution in [0.15, 0.2) is 30.3 Å². The highest BCUT2D eigenvalue weighted by Gasteiger charge is 2.34. The number of carbonyl (C=O) groups is 2. The van der Waals surface area contributed by atoms with Crippen LogP contribution < -0.4 is 5.32 Å². The zero-order valence-corrected chi connectivity index (χ0v) is 13.8. The van der Waals surface area contributed by atoms with E-state index in [4.69, 9.17) is 5.11 Å². The molecule has 0 bridgehead atoms. The van der Waals surface area contributed by atoms with Gasteiger partial charge in [0.05, 0.1) is 11.4 Å². The third-order valence-electron chi connectivity index (χ3n) is 4.36. The van der Waals surface area contributed by atoms with Crippen molar-refractivity contribution >= 4 is 33.3 Å². The lowest BCUT2D eigenvalue weighted by atomic mass is 9.85. The Labute approximate surface area is 138 Å². The van der Waals surface area contributed by atoms with E-state index in [0.717, 1.165) is 27.8 Å². The predicted molar refractivity (Wildman–Crippen MR) is 91.0 cm³/mol. The average Bonchev–Trinajstić information content (AvgIpc) is 2.92. The van der Waals surface area contributed by atoms with Gasteiger partial charge in [-0.2, -0.15) is 0 Å². The van der Waals surface area contributed by atoms with Crippen molar-refractivity contribution in [3.63, 3.8) is 0 Å². The largest absolute Gasteiger partial charge is 0.480 e. The van der Waals surface area contributed by atoms with Gasteiger partial charge in [0, 0.05) is 16.8 Å². The predicted octanol–water partition coefficient (Wildman–Crippen LogP) is 2.57. The molecule has 1 aromatic carbocycles. The van der Waals surface area contributed by atoms with Crippen LogP contribution in [0.3, 0.4) is 0 Å². The molecule has 1 aliphatic carbocycles. The lowest BCUT2D eigenvalue weighted by Crippen LogP contribution is -2.54. The van der Waals surface area contributed by atoms with Crippen LogP contribution in [0.25, 0.3) is 10.1 Å². The normalized spacial score (nSPS) is 20.4. The van der Waals surface area contributed by atoms with Crippen molar-refractivity contribution in [3.8, 4) is 0 Å². The molecule has 1 aromatic heterocycles. The van der Waals surface area contributed by atoms with Gasteiger partial charge in [0.2, 0.25) is 0 Å². The molecule has 0 radical (unpaired) electrons. The van der Waals surface area contributed by atoms with Gasteiger partial charge in [-0.1, -0.05) is 25.1 Å². The average molecular weight is 332 g/mol. The van der Waals surface area contributed by atoms with E-state index in [1.807, 2.05) is 42.2 Å². The van der Waals surface area contributed by atoms with E-state index in [1.54, 1.807) is 0 Å². The summed E-state index contributed by atoms with van der Waals surface area (Å²) in [4.78, 5) is 25.8. The number of fused-ring (bicyclic) bond motifs is 1. The summed E-state index contributed by atoms with van der Waals surface area (Å²) < 4.78 is 1.11. The SMILES string of the molecule is CCN(CC(=O)O)C1CC(NC(=O)c2cc3ccccc3s2)C1. The van der Waals surface area contributed by atoms with E-state index in [9.17, 15) is 9.59 Å². The molecule has 3 rings (SSSR count). The number of aliphatic carboxylic acids is 1. The summed E-state index contributed by atoms with van der Waals surface area (Å²) in [5, 5.41) is 13.0. The molecule has 2 N–H and O–H groups in total. The maximum atomic E-state index is 12.3. The van der Waals surface area contributed by atoms with E-state index in [0.29, 0.717) is 6.54 Å². The van der Waals surface area contributed by atoms with Crippen molar-refractivity contribution in [2.45, 2.75) is 31.8 Å². The lowest BCUT2D eigenvalue weighted by molar-refractivity contribution is -0.139. The van der Waals surface area contributed by atoms with Crippen LogP contribution in [-0.2, 0) is 4.79 Å². The van der Waals surface area contributed by atoms with E-state index in [1.165, 1.54) is 11.3 Å². The van der Waals surface area contributed by atoms with Crippen molar-refractivity contribution < 1.29 is 14.7 Å². The number of carboxylic acids is 1. The van der Waals surface area contributed by atoms with Gasteiger partial charge >= 0.3 is 5.97 Å². The van der Waals surface area contributed by atoms with E-state index >= 15 is 0 Å². The first-order chi connectivity index (χ1) is 11.1. The van der Waals surface area contributed by atoms with Gasteiger partial charge in [0.15, 0.2) is 0 Å². The Kier molecular flexibility index (Phi) is 4.63. The van der Waals surface area contributed by atoms with Crippen LogP contribution >= 0.6 is 11.3 Å². The molecule has 1 fully saturated rings. The third-order valence-corrected chi connectivity index (χ3v) is 5.47. The molecule has 0 unspecified atom stereocenters. The van der Waals surface area contributed by atoms with Crippen molar-refractivity contribution in [1.82, 2.24) is 10.2 Å². The van der Waals surface area contributed by atoms with Gasteiger partial charge < -0.3 is 10.4 Å². The van der Waals surface area contributed by atoms with Crippen molar-refractivity contribution in [3.05, 3.63) is 35.2 Å². The molecule has 1 amide bonds. The summed E-state index contributed by atoms with van der Waals surface area (Å²) in [6.45, 7) is 2.75. The van der Waals surface area contributed by atoms with Gasteiger partial charge in [-0.3, -0.25) is 14.5 Å². The molecule has 0 aliphatic heterocycles. The third kappa shape index (κ3) is 3.54. The molecule has 1 saturated carbocycles. The second-order valence-electron chi connectivity index (χ2n) is 5.90. The van der Waals surface area contributed by atoms with Gasteiger partial charge in [0.1, 0.15) is 0 Å². The summed E-state index contributed by atoms with van der Waals surface area (Å²) in [7, 11) is 0. The second kappa shape index (κ2) is 6.68. The number of likely N-dealkylation sites (N-methyl/N-ethyl adjacent to an activating group) is 1. The molecular formula is C17H20N2O3S. The van der Waals surface area contributed by atoms with Crippen LogP contribution in [0.4, 0.5) is 0 Å². The van der Waals surface area contributed by atoms with E-state index in [2.05, 4.69) is 5.32 Å². The molecule has 1 heterocycles. The Morgan fingerprint density at radius 1 is 1.35 bits per heavy atom. The van der Waals surface area contributed by atoms with Gasteiger partial charge in [-0.15, -0.1) is 11.3 Å². The van der Waals surface area contributed by atoms with Crippen molar-refractivity contribution in [2.24, 2.45) is 0 Å². The molecule has 6 heteroatoms. The number of carbonyl (C=O) groups excluding carboxylic acids is 1. The number of hydrogen-bond acceptors (Lipinski definition) is 4. The molecule has 0 spiro atoms. The number of benzene rings is 1. The number of carboxylic acid groups (broad SMARTS) is 1. The van der Waals surface area contributed by atoms with Crippen LogP contribution in [0.2, 0.25) is 0 Å². The Bertz CT molecular complexity index is 688. The zero-order chi connectivity index (χ0) is 16.4. The smallest absolute Gasteiger partial charge is 0.317 e. The summed E-state index contributed by atoms with van der Waals surface area (Å²) in [5.74, 6) is -0.833. The topological polar surface area (TPSA) is 69.6 Å². The first-order valence-electron chi connectivity index (χ1n) is 7.82. The molecule has 1 aliphatic rings. The molecular weight excluding hydrogens is 312 g/mol. The van der Waals surface area contributed by atoms with Gasteiger partial charge in [0.25, 0.3) is 5.91 Å². The second-order valence-corrected chi connectivity index (χ2v) is 6.98. The maximum absolute atomic E-state index is 12.3. The number of nitrogens with zero attached hydrogens (tertiary/aromatic N) is 1. The monoisotopic (exact) mass is 332 g/mol. The Hall–Kier alpha value is -1.92. The summed E-state index contributed by atoms with van der Waals surface area (Å²) in [6, 6.07) is 10.3. The fourth-order valence-corrected chi connectivity index (χ4v) is 3.99. The van der Waals surface area contributed by atoms with E-state index in [-0.39, 0.29) is 24.5 Å². The summed E-state index contributed by atoms with van der Waals surface area (Å²) >= 11 is 1.50. The van der Waals surface area contributed by atoms with Crippen LogP contribution in [-0.4, -0.2) is 47.1 Å². The first-order valence-corrected chi connectivity index (χ1v) is 8.63. The standard InChI is InChI=1S/C17H20N2O3S/c1-2-19(10-16(20)21)13-8-12(9-13)18-17(22)15-7-11-5-3-4-6-14(11)23-15/h3-7,12-13H,2,8-10H2,1H3,(H,18,22)(H,20,21). The van der Waals surface area contributed by atoms with Crippen molar-refractivity contribution in [1.29, 1.82) is 0 Å². The fraction of sp³-hybridized carbons (Fsp3) is 0.412. The first kappa shape index (κ1) is 16.0. The van der Waals surface area contributed by atoms with E-state index < -0.39 is 5.97 Å². The molecule has 0 atom stereocenters. The molecule has 0 saturated heterocycles. The number of hydrogen-bond donors (Lipinski definition) is 2. The maximum Gasteiger partial charge on any atom is 0.317 e. The van der Waals surface area contributed by atoms with Crippen LogP contribution in [0, 0.1) is 0 Å². The summed E-state index contributed by atoms with van der Waals surface area (Å²) in [5.41, 5.74) is 0. The highest BCUT2D eigenvalue weighted by molar-refractivity contribution is 7.20. The fourth-order valence-electron chi connectivity index (χ4n) is 3.03. The Morgan fingerprint density at radius 3 is 2.74 bits per heavy atom. The molecule has 23 heavy (non-hydrogen) atoms. The minimum atomic E-state index is -0.801. The molecule has 2 aromatic rings. The number of nitrogens with one attached hydrogen (secondary N) is 1. The Morgan fingerprint density at radius 2 is 2.09 bits per heavy atom. The van der Waals surface area contributed by atoms with Gasteiger partial charge in [-0.25, -0.2) is 0 Å². The molecule has 122 valence electrons. The van der Waals surface area contributed by atoms with Crippen molar-refractivity contribution in [2.75, 3.05) is 13.1 Å². The minimum absolute atomic E-state index is 0.0315. The quantitative estimate of drug-likeness (QED) is 0.853. The highest BCUT2D eigenvalue weighted by Crippen LogP contribution is 2.28. The number of rotatable bonds is 6. The molecule has 5 nitrogen and oxygen atoms in total. The minimum Gasteiger partial charge on any atom is -0.480 e.